The fraction of sp³-hybridized carbons (Fsp3) is 0.818. The molecular weight excluding hydrogens is 220 g/mol. The van der Waals surface area contributed by atoms with Crippen molar-refractivity contribution in [2.75, 3.05) is 26.2 Å². The van der Waals surface area contributed by atoms with Crippen LogP contribution < -0.4 is 11.1 Å². The summed E-state index contributed by atoms with van der Waals surface area (Å²) in [5, 5.41) is 14.2. The molecule has 0 aliphatic rings. The third-order valence-electron chi connectivity index (χ3n) is 2.82. The van der Waals surface area contributed by atoms with Crippen molar-refractivity contribution in [3.63, 3.8) is 0 Å². The summed E-state index contributed by atoms with van der Waals surface area (Å²) in [6.45, 7) is 9.30. The molecule has 1 amide bonds. The maximum absolute atomic E-state index is 11.7. The number of hydrogen-bond donors (Lipinski definition) is 3. The molecule has 0 aromatic carbocycles. The van der Waals surface area contributed by atoms with Crippen LogP contribution in [0, 0.1) is 5.92 Å². The lowest BCUT2D eigenvalue weighted by Crippen LogP contribution is -2.41. The van der Waals surface area contributed by atoms with Gasteiger partial charge in [0.05, 0.1) is 5.92 Å². The predicted octanol–water partition coefficient (Wildman–Crippen LogP) is 0.217. The quantitative estimate of drug-likeness (QED) is 0.246. The molecule has 0 aliphatic heterocycles. The molecular formula is C11H24N4O2. The van der Waals surface area contributed by atoms with Crippen molar-refractivity contribution in [1.82, 2.24) is 10.2 Å². The number of nitrogens with zero attached hydrogens (tertiary/aromatic N) is 2. The molecule has 0 fully saturated rings. The number of amides is 1. The van der Waals surface area contributed by atoms with Crippen LogP contribution in [-0.4, -0.2) is 48.0 Å². The van der Waals surface area contributed by atoms with E-state index in [9.17, 15) is 4.79 Å². The Morgan fingerprint density at radius 2 is 2.00 bits per heavy atom. The highest BCUT2D eigenvalue weighted by Crippen LogP contribution is 2.02. The van der Waals surface area contributed by atoms with Gasteiger partial charge in [-0.05, 0) is 19.5 Å². The Kier molecular flexibility index (Phi) is 8.13. The van der Waals surface area contributed by atoms with Crippen LogP contribution in [0.2, 0.25) is 0 Å². The molecule has 17 heavy (non-hydrogen) atoms. The lowest BCUT2D eigenvalue weighted by molar-refractivity contribution is -0.123. The Bertz CT molecular complexity index is 252. The highest BCUT2D eigenvalue weighted by atomic mass is 16.4. The molecule has 0 saturated carbocycles. The van der Waals surface area contributed by atoms with E-state index < -0.39 is 5.92 Å². The van der Waals surface area contributed by atoms with Gasteiger partial charge in [-0.2, -0.15) is 0 Å². The molecule has 6 nitrogen and oxygen atoms in total. The Balaban J connectivity index is 4.08. The molecule has 6 heteroatoms. The third-order valence-corrected chi connectivity index (χ3v) is 2.82. The van der Waals surface area contributed by atoms with Crippen LogP contribution in [0.5, 0.6) is 0 Å². The van der Waals surface area contributed by atoms with E-state index in [0.717, 1.165) is 19.6 Å². The number of likely N-dealkylation sites (N-methyl/N-ethyl adjacent to an activating group) is 1. The second-order valence-electron chi connectivity index (χ2n) is 3.80. The lowest BCUT2D eigenvalue weighted by Gasteiger charge is -2.19. The van der Waals surface area contributed by atoms with Crippen molar-refractivity contribution in [3.8, 4) is 0 Å². The molecule has 0 saturated heterocycles. The number of carbonyl (C=O) groups excluding carboxylic acids is 1. The molecule has 0 spiro atoms. The number of hydrogen-bond acceptors (Lipinski definition) is 4. The molecule has 4 N–H and O–H groups in total. The zero-order valence-corrected chi connectivity index (χ0v) is 10.9. The van der Waals surface area contributed by atoms with Crippen LogP contribution in [0.3, 0.4) is 0 Å². The van der Waals surface area contributed by atoms with Gasteiger partial charge >= 0.3 is 0 Å². The Hall–Kier alpha value is -1.30. The highest BCUT2D eigenvalue weighted by Gasteiger charge is 2.20. The summed E-state index contributed by atoms with van der Waals surface area (Å²) in [5.74, 6) is -0.764. The van der Waals surface area contributed by atoms with Gasteiger partial charge in [-0.3, -0.25) is 4.79 Å². The number of rotatable bonds is 8. The van der Waals surface area contributed by atoms with Gasteiger partial charge in [0.25, 0.3) is 0 Å². The van der Waals surface area contributed by atoms with Crippen molar-refractivity contribution < 1.29 is 10.0 Å². The molecule has 0 radical (unpaired) electrons. The van der Waals surface area contributed by atoms with E-state index in [-0.39, 0.29) is 11.7 Å². The minimum atomic E-state index is -0.545. The van der Waals surface area contributed by atoms with E-state index >= 15 is 0 Å². The summed E-state index contributed by atoms with van der Waals surface area (Å²) in [7, 11) is 0. The summed E-state index contributed by atoms with van der Waals surface area (Å²) < 4.78 is 0. The summed E-state index contributed by atoms with van der Waals surface area (Å²) >= 11 is 0. The van der Waals surface area contributed by atoms with E-state index in [0.29, 0.717) is 13.0 Å². The van der Waals surface area contributed by atoms with Crippen molar-refractivity contribution in [2.45, 2.75) is 27.2 Å². The molecule has 0 aliphatic carbocycles. The monoisotopic (exact) mass is 244 g/mol. The van der Waals surface area contributed by atoms with Gasteiger partial charge in [-0.15, -0.1) is 0 Å². The van der Waals surface area contributed by atoms with Crippen LogP contribution in [0.25, 0.3) is 0 Å². The van der Waals surface area contributed by atoms with Crippen LogP contribution in [-0.2, 0) is 4.79 Å². The van der Waals surface area contributed by atoms with Crippen LogP contribution in [0.4, 0.5) is 0 Å². The summed E-state index contributed by atoms with van der Waals surface area (Å²) in [5.41, 5.74) is 5.44. The van der Waals surface area contributed by atoms with Crippen molar-refractivity contribution in [1.29, 1.82) is 0 Å². The predicted molar refractivity (Wildman–Crippen MR) is 68.0 cm³/mol. The molecule has 0 heterocycles. The van der Waals surface area contributed by atoms with Crippen molar-refractivity contribution in [2.24, 2.45) is 16.8 Å². The molecule has 1 atom stereocenters. The molecule has 1 unspecified atom stereocenters. The Morgan fingerprint density at radius 3 is 2.41 bits per heavy atom. The largest absolute Gasteiger partial charge is 0.409 e. The summed E-state index contributed by atoms with van der Waals surface area (Å²) in [4.78, 5) is 13.9. The fourth-order valence-electron chi connectivity index (χ4n) is 1.60. The number of oxime groups is 1. The topological polar surface area (TPSA) is 91.0 Å². The van der Waals surface area contributed by atoms with Gasteiger partial charge in [-0.25, -0.2) is 0 Å². The maximum atomic E-state index is 11.7. The minimum absolute atomic E-state index is 0.0344. The SMILES string of the molecule is CCC(C(=O)NCCN(CC)CC)C(N)=NO. The second kappa shape index (κ2) is 8.81. The minimum Gasteiger partial charge on any atom is -0.409 e. The molecule has 100 valence electrons. The molecule has 0 rings (SSSR count). The Labute approximate surface area is 103 Å². The molecule has 0 bridgehead atoms. The average molecular weight is 244 g/mol. The highest BCUT2D eigenvalue weighted by molar-refractivity contribution is 6.01. The first-order valence-corrected chi connectivity index (χ1v) is 6.08. The van der Waals surface area contributed by atoms with E-state index in [1.165, 1.54) is 0 Å². The summed E-state index contributed by atoms with van der Waals surface area (Å²) in [6.07, 6.45) is 0.521. The standard InChI is InChI=1S/C11H24N4O2/c1-4-9(10(12)14-17)11(16)13-7-8-15(5-2)6-3/h9,17H,4-8H2,1-3H3,(H2,12,14)(H,13,16). The number of nitrogens with two attached hydrogens (primary N) is 1. The lowest BCUT2D eigenvalue weighted by atomic mass is 10.1. The zero-order valence-electron chi connectivity index (χ0n) is 10.9. The first kappa shape index (κ1) is 15.7. The van der Waals surface area contributed by atoms with Crippen LogP contribution in [0.15, 0.2) is 5.16 Å². The smallest absolute Gasteiger partial charge is 0.230 e. The van der Waals surface area contributed by atoms with Gasteiger partial charge in [0.2, 0.25) is 5.91 Å². The van der Waals surface area contributed by atoms with E-state index in [4.69, 9.17) is 10.9 Å². The Morgan fingerprint density at radius 1 is 1.41 bits per heavy atom. The van der Waals surface area contributed by atoms with E-state index in [2.05, 4.69) is 29.2 Å². The van der Waals surface area contributed by atoms with Gasteiger partial charge in [-0.1, -0.05) is 25.9 Å². The third kappa shape index (κ3) is 5.53. The first-order chi connectivity index (χ1) is 8.10. The number of amidine groups is 1. The van der Waals surface area contributed by atoms with Crippen molar-refractivity contribution >= 4 is 11.7 Å². The van der Waals surface area contributed by atoms with Gasteiger partial charge in [0.1, 0.15) is 0 Å². The normalized spacial score (nSPS) is 13.8. The van der Waals surface area contributed by atoms with Gasteiger partial charge < -0.3 is 21.2 Å². The summed E-state index contributed by atoms with van der Waals surface area (Å²) in [6, 6.07) is 0. The average Bonchev–Trinajstić information content (AvgIpc) is 2.35. The van der Waals surface area contributed by atoms with Crippen molar-refractivity contribution in [3.05, 3.63) is 0 Å². The fourth-order valence-corrected chi connectivity index (χ4v) is 1.60. The number of carbonyl (C=O) groups is 1. The first-order valence-electron chi connectivity index (χ1n) is 6.08. The van der Waals surface area contributed by atoms with Gasteiger partial charge in [0.15, 0.2) is 5.84 Å². The maximum Gasteiger partial charge on any atom is 0.230 e. The van der Waals surface area contributed by atoms with E-state index in [1.807, 2.05) is 6.92 Å². The second-order valence-corrected chi connectivity index (χ2v) is 3.80. The van der Waals surface area contributed by atoms with Crippen LogP contribution in [0.1, 0.15) is 27.2 Å². The molecule has 0 aromatic heterocycles. The molecule has 0 aromatic rings. The number of nitrogens with one attached hydrogen (secondary N) is 1. The zero-order chi connectivity index (χ0) is 13.3. The van der Waals surface area contributed by atoms with Crippen LogP contribution >= 0.6 is 0 Å². The van der Waals surface area contributed by atoms with Gasteiger partial charge in [0, 0.05) is 13.1 Å². The van der Waals surface area contributed by atoms with E-state index in [1.54, 1.807) is 0 Å².